The Kier molecular flexibility index (Phi) is 4.34. The molecule has 2 aromatic rings. The predicted octanol–water partition coefficient (Wildman–Crippen LogP) is 1.77. The highest BCUT2D eigenvalue weighted by Gasteiger charge is 2.11. The zero-order chi connectivity index (χ0) is 14.5. The first-order chi connectivity index (χ1) is 9.60. The molecule has 0 aliphatic carbocycles. The minimum Gasteiger partial charge on any atom is -0.497 e. The third-order valence-corrected chi connectivity index (χ3v) is 2.87. The molecule has 0 fully saturated rings. The number of nitrogens with zero attached hydrogens (tertiary/aromatic N) is 3. The van der Waals surface area contributed by atoms with Gasteiger partial charge in [-0.2, -0.15) is 4.98 Å². The standard InChI is InChI=1S/C14H17N3O3/c1-17(2)13(18)9-8-12-15-14(16-20-12)10-4-6-11(19-3)7-5-10/h4-7H,8-9H2,1-3H3. The SMILES string of the molecule is COc1ccc(-c2noc(CCC(=O)N(C)C)n2)cc1. The molecular formula is C14H17N3O3. The van der Waals surface area contributed by atoms with Crippen molar-refractivity contribution >= 4 is 5.91 Å². The van der Waals surface area contributed by atoms with Crippen molar-refractivity contribution in [2.75, 3.05) is 21.2 Å². The van der Waals surface area contributed by atoms with Crippen LogP contribution in [0.2, 0.25) is 0 Å². The van der Waals surface area contributed by atoms with E-state index in [4.69, 9.17) is 9.26 Å². The number of hydrogen-bond acceptors (Lipinski definition) is 5. The average Bonchev–Trinajstić information content (AvgIpc) is 2.93. The van der Waals surface area contributed by atoms with Crippen LogP contribution in [0.1, 0.15) is 12.3 Å². The van der Waals surface area contributed by atoms with Gasteiger partial charge in [0.1, 0.15) is 5.75 Å². The van der Waals surface area contributed by atoms with Crippen LogP contribution in [0.25, 0.3) is 11.4 Å². The van der Waals surface area contributed by atoms with E-state index < -0.39 is 0 Å². The summed E-state index contributed by atoms with van der Waals surface area (Å²) in [5.74, 6) is 1.79. The molecule has 1 amide bonds. The zero-order valence-corrected chi connectivity index (χ0v) is 11.8. The Labute approximate surface area is 117 Å². The topological polar surface area (TPSA) is 68.5 Å². The minimum atomic E-state index is 0.0363. The first kappa shape index (κ1) is 14.0. The van der Waals surface area contributed by atoms with Crippen molar-refractivity contribution in [3.63, 3.8) is 0 Å². The molecule has 0 bridgehead atoms. The lowest BCUT2D eigenvalue weighted by molar-refractivity contribution is -0.128. The van der Waals surface area contributed by atoms with Crippen molar-refractivity contribution in [1.29, 1.82) is 0 Å². The van der Waals surface area contributed by atoms with Crippen LogP contribution in [0.15, 0.2) is 28.8 Å². The Morgan fingerprint density at radius 2 is 2.00 bits per heavy atom. The van der Waals surface area contributed by atoms with Gasteiger partial charge in [-0.1, -0.05) is 5.16 Å². The van der Waals surface area contributed by atoms with Gasteiger partial charge in [-0.15, -0.1) is 0 Å². The summed E-state index contributed by atoms with van der Waals surface area (Å²) in [6.07, 6.45) is 0.803. The molecule has 6 heteroatoms. The van der Waals surface area contributed by atoms with Gasteiger partial charge in [-0.05, 0) is 24.3 Å². The van der Waals surface area contributed by atoms with E-state index >= 15 is 0 Å². The van der Waals surface area contributed by atoms with Crippen LogP contribution in [-0.4, -0.2) is 42.2 Å². The van der Waals surface area contributed by atoms with Crippen molar-refractivity contribution in [1.82, 2.24) is 15.0 Å². The van der Waals surface area contributed by atoms with E-state index in [1.54, 1.807) is 26.1 Å². The summed E-state index contributed by atoms with van der Waals surface area (Å²) in [6, 6.07) is 7.39. The fraction of sp³-hybridized carbons (Fsp3) is 0.357. The third-order valence-electron chi connectivity index (χ3n) is 2.87. The number of benzene rings is 1. The summed E-state index contributed by atoms with van der Waals surface area (Å²) in [4.78, 5) is 17.3. The normalized spacial score (nSPS) is 10.3. The molecule has 0 N–H and O–H groups in total. The van der Waals surface area contributed by atoms with E-state index in [0.29, 0.717) is 24.6 Å². The Morgan fingerprint density at radius 1 is 1.30 bits per heavy atom. The number of ether oxygens (including phenoxy) is 1. The molecule has 0 saturated heterocycles. The monoisotopic (exact) mass is 275 g/mol. The van der Waals surface area contributed by atoms with Gasteiger partial charge < -0.3 is 14.2 Å². The van der Waals surface area contributed by atoms with Gasteiger partial charge >= 0.3 is 0 Å². The average molecular weight is 275 g/mol. The number of aryl methyl sites for hydroxylation is 1. The fourth-order valence-electron chi connectivity index (χ4n) is 1.65. The molecule has 0 unspecified atom stereocenters. The number of rotatable bonds is 5. The molecule has 106 valence electrons. The third kappa shape index (κ3) is 3.34. The zero-order valence-electron chi connectivity index (χ0n) is 11.8. The van der Waals surface area contributed by atoms with Crippen molar-refractivity contribution < 1.29 is 14.1 Å². The molecule has 1 heterocycles. The Hall–Kier alpha value is -2.37. The van der Waals surface area contributed by atoms with Gasteiger partial charge in [0.2, 0.25) is 17.6 Å². The molecule has 1 aromatic carbocycles. The van der Waals surface area contributed by atoms with Gasteiger partial charge in [0.25, 0.3) is 0 Å². The second-order valence-electron chi connectivity index (χ2n) is 4.53. The van der Waals surface area contributed by atoms with Crippen molar-refractivity contribution in [2.45, 2.75) is 12.8 Å². The molecule has 0 spiro atoms. The quantitative estimate of drug-likeness (QED) is 0.831. The smallest absolute Gasteiger partial charge is 0.227 e. The van der Waals surface area contributed by atoms with Crippen molar-refractivity contribution in [3.8, 4) is 17.1 Å². The molecule has 0 radical (unpaired) electrons. The Balaban J connectivity index is 2.02. The first-order valence-electron chi connectivity index (χ1n) is 6.27. The number of carbonyl (C=O) groups is 1. The van der Waals surface area contributed by atoms with Gasteiger partial charge in [-0.3, -0.25) is 4.79 Å². The maximum Gasteiger partial charge on any atom is 0.227 e. The molecule has 0 aliphatic rings. The van der Waals surface area contributed by atoms with Crippen LogP contribution in [-0.2, 0) is 11.2 Å². The first-order valence-corrected chi connectivity index (χ1v) is 6.27. The molecular weight excluding hydrogens is 258 g/mol. The Bertz CT molecular complexity index is 576. The summed E-state index contributed by atoms with van der Waals surface area (Å²) in [7, 11) is 5.06. The maximum absolute atomic E-state index is 11.5. The van der Waals surface area contributed by atoms with Crippen LogP contribution >= 0.6 is 0 Å². The second-order valence-corrected chi connectivity index (χ2v) is 4.53. The molecule has 6 nitrogen and oxygen atoms in total. The molecule has 0 atom stereocenters. The highest BCUT2D eigenvalue weighted by atomic mass is 16.5. The molecule has 1 aromatic heterocycles. The molecule has 20 heavy (non-hydrogen) atoms. The molecule has 0 saturated carbocycles. The van der Waals surface area contributed by atoms with E-state index in [0.717, 1.165) is 11.3 Å². The van der Waals surface area contributed by atoms with Crippen molar-refractivity contribution in [2.24, 2.45) is 0 Å². The summed E-state index contributed by atoms with van der Waals surface area (Å²) in [5.41, 5.74) is 0.847. The lowest BCUT2D eigenvalue weighted by Gasteiger charge is -2.07. The summed E-state index contributed by atoms with van der Waals surface area (Å²) in [6.45, 7) is 0. The van der Waals surface area contributed by atoms with E-state index in [2.05, 4.69) is 10.1 Å². The second kappa shape index (κ2) is 6.18. The Morgan fingerprint density at radius 3 is 2.60 bits per heavy atom. The van der Waals surface area contributed by atoms with Crippen LogP contribution in [0.4, 0.5) is 0 Å². The van der Waals surface area contributed by atoms with Gasteiger partial charge in [0.05, 0.1) is 7.11 Å². The number of hydrogen-bond donors (Lipinski definition) is 0. The lowest BCUT2D eigenvalue weighted by Crippen LogP contribution is -2.21. The fourth-order valence-corrected chi connectivity index (χ4v) is 1.65. The van der Waals surface area contributed by atoms with Crippen molar-refractivity contribution in [3.05, 3.63) is 30.2 Å². The van der Waals surface area contributed by atoms with E-state index in [-0.39, 0.29) is 5.91 Å². The van der Waals surface area contributed by atoms with E-state index in [1.165, 1.54) is 0 Å². The summed E-state index contributed by atoms with van der Waals surface area (Å²) >= 11 is 0. The highest BCUT2D eigenvalue weighted by Crippen LogP contribution is 2.19. The summed E-state index contributed by atoms with van der Waals surface area (Å²) < 4.78 is 10.2. The predicted molar refractivity (Wildman–Crippen MR) is 73.3 cm³/mol. The number of aromatic nitrogens is 2. The number of amides is 1. The largest absolute Gasteiger partial charge is 0.497 e. The van der Waals surface area contributed by atoms with E-state index in [9.17, 15) is 4.79 Å². The highest BCUT2D eigenvalue weighted by molar-refractivity contribution is 5.75. The maximum atomic E-state index is 11.5. The number of carbonyl (C=O) groups excluding carboxylic acids is 1. The molecule has 2 rings (SSSR count). The van der Waals surface area contributed by atoms with Crippen LogP contribution in [0.3, 0.4) is 0 Å². The number of methoxy groups -OCH3 is 1. The lowest BCUT2D eigenvalue weighted by atomic mass is 10.2. The minimum absolute atomic E-state index is 0.0363. The van der Waals surface area contributed by atoms with Gasteiger partial charge in [0.15, 0.2) is 0 Å². The van der Waals surface area contributed by atoms with Gasteiger partial charge in [-0.25, -0.2) is 0 Å². The van der Waals surface area contributed by atoms with E-state index in [1.807, 2.05) is 24.3 Å². The summed E-state index contributed by atoms with van der Waals surface area (Å²) in [5, 5.41) is 3.91. The van der Waals surface area contributed by atoms with Crippen LogP contribution in [0, 0.1) is 0 Å². The van der Waals surface area contributed by atoms with Crippen LogP contribution in [0.5, 0.6) is 5.75 Å². The van der Waals surface area contributed by atoms with Crippen LogP contribution < -0.4 is 4.74 Å². The molecule has 0 aliphatic heterocycles. The van der Waals surface area contributed by atoms with Gasteiger partial charge in [0, 0.05) is 32.5 Å².